The fourth-order valence-electron chi connectivity index (χ4n) is 11.2. The van der Waals surface area contributed by atoms with Crippen molar-refractivity contribution in [3.63, 3.8) is 0 Å². The number of fused-ring (bicyclic) bond motifs is 3. The monoisotopic (exact) mass is 1940 g/mol. The fourth-order valence-corrected chi connectivity index (χ4v) is 11.4. The van der Waals surface area contributed by atoms with E-state index in [0.29, 0.717) is 42.7 Å². The van der Waals surface area contributed by atoms with E-state index in [1.807, 2.05) is 36.4 Å². The molecule has 26 nitrogen and oxygen atoms in total. The molecule has 0 bridgehead atoms. The molecule has 0 saturated heterocycles. The van der Waals surface area contributed by atoms with Crippen molar-refractivity contribution in [3.05, 3.63) is 231 Å². The molecule has 580 valence electrons. The van der Waals surface area contributed by atoms with Crippen molar-refractivity contribution in [1.82, 2.24) is 50.4 Å². The molecular weight excluding hydrogens is 1890 g/mol. The van der Waals surface area contributed by atoms with Crippen molar-refractivity contribution in [2.45, 2.75) is 75.2 Å². The van der Waals surface area contributed by atoms with Crippen LogP contribution >= 0.6 is 32.9 Å². The number of aromatic nitrogens is 10. The Morgan fingerprint density at radius 3 is 1.27 bits per heavy atom. The Kier molecular flexibility index (Phi) is 38.5. The molecule has 0 fully saturated rings. The van der Waals surface area contributed by atoms with Gasteiger partial charge in [0.05, 0.1) is 54.2 Å². The number of halogens is 14. The number of benzene rings is 6. The first kappa shape index (κ1) is 96.2. The third-order valence-corrected chi connectivity index (χ3v) is 16.7. The SMILES string of the molecule is Br.Brc1ccnnc1.C#Cc1ccc(B(O)O)cc1.O=C1C(n2cc(-c3ccc(-c4ccnnc4)cc3)nn2)CCc2c(F)cccc2N1CC(F)(F)F.O=C1C(n2cc(-c3ccc(B(O)O)cc3)nn2)CCc2c(F)cccc2N1CC(F)(F)F.O=CO[O-].[Cs+].[Cs+].[H-].[N-]=[N+]=NC1CCc2c(F)cccc2N(CC(F)(F)F)C1=O. The minimum Gasteiger partial charge on any atom is -1.00 e. The van der Waals surface area contributed by atoms with Gasteiger partial charge in [-0.15, -0.1) is 33.6 Å². The van der Waals surface area contributed by atoms with Gasteiger partial charge in [0.2, 0.25) is 5.91 Å². The van der Waals surface area contributed by atoms with E-state index >= 15 is 0 Å². The van der Waals surface area contributed by atoms with Crippen molar-refractivity contribution in [3.8, 4) is 46.0 Å². The van der Waals surface area contributed by atoms with E-state index in [-0.39, 0.29) is 240 Å². The molecule has 10 aromatic rings. The largest absolute Gasteiger partial charge is 1.00 e. The first-order chi connectivity index (χ1) is 52.3. The number of azide groups is 1. The van der Waals surface area contributed by atoms with Gasteiger partial charge in [-0.25, -0.2) is 22.5 Å². The second-order valence-electron chi connectivity index (χ2n) is 23.5. The van der Waals surface area contributed by atoms with Crippen molar-refractivity contribution < 1.29 is 241 Å². The Balaban J connectivity index is 0.000000317. The normalized spacial score (nSPS) is 14.8. The number of rotatable bonds is 12. The molecule has 4 N–H and O–H groups in total. The molecule has 44 heteroatoms. The summed E-state index contributed by atoms with van der Waals surface area (Å²) in [5.41, 5.74) is 13.6. The smallest absolute Gasteiger partial charge is 1.00 e. The summed E-state index contributed by atoms with van der Waals surface area (Å²) in [6.07, 6.45) is 0.777. The summed E-state index contributed by atoms with van der Waals surface area (Å²) in [7, 11) is -3.05. The van der Waals surface area contributed by atoms with E-state index in [0.717, 1.165) is 33.3 Å². The van der Waals surface area contributed by atoms with Crippen LogP contribution in [0.4, 0.5) is 69.7 Å². The summed E-state index contributed by atoms with van der Waals surface area (Å²) >= 11 is 3.21. The van der Waals surface area contributed by atoms with Gasteiger partial charge < -0.3 is 46.4 Å². The summed E-state index contributed by atoms with van der Waals surface area (Å²) < 4.78 is 164. The number of hydrogen-bond donors (Lipinski definition) is 4. The predicted octanol–water partition coefficient (Wildman–Crippen LogP) is 3.54. The summed E-state index contributed by atoms with van der Waals surface area (Å²) in [5.74, 6) is -2.23. The number of hydrogen-bond acceptors (Lipinski definition) is 19. The molecule has 3 unspecified atom stereocenters. The molecule has 0 radical (unpaired) electrons. The van der Waals surface area contributed by atoms with Crippen molar-refractivity contribution >= 4 is 99.3 Å². The second-order valence-corrected chi connectivity index (χ2v) is 24.4. The van der Waals surface area contributed by atoms with Crippen LogP contribution in [0.5, 0.6) is 0 Å². The molecule has 3 aliphatic rings. The van der Waals surface area contributed by atoms with E-state index in [1.165, 1.54) is 76.4 Å². The quantitative estimate of drug-likeness (QED) is 0.0156. The first-order valence-corrected chi connectivity index (χ1v) is 32.9. The maximum Gasteiger partial charge on any atom is 1.00 e. The number of carbonyl (C=O) groups excluding carboxylic acids is 4. The molecular formula is C69H58B2Br2Cs2F12N16O10. The molecule has 4 aromatic heterocycles. The number of nitrogens with zero attached hydrogens (tertiary/aromatic N) is 16. The van der Waals surface area contributed by atoms with Gasteiger partial charge in [0.25, 0.3) is 18.3 Å². The second kappa shape index (κ2) is 45.2. The van der Waals surface area contributed by atoms with Gasteiger partial charge in [-0.05, 0) is 137 Å². The van der Waals surface area contributed by atoms with Crippen LogP contribution in [0.3, 0.4) is 0 Å². The minimum absolute atomic E-state index is 0. The third-order valence-electron chi connectivity index (χ3n) is 16.2. The van der Waals surface area contributed by atoms with Crippen LogP contribution in [0, 0.1) is 29.8 Å². The Labute approximate surface area is 772 Å². The van der Waals surface area contributed by atoms with E-state index < -0.39 is 106 Å². The number of terminal acetylenes is 1. The number of carbonyl (C=O) groups is 4. The van der Waals surface area contributed by atoms with Crippen LogP contribution in [-0.4, -0.2) is 153 Å². The van der Waals surface area contributed by atoms with Gasteiger partial charge in [-0.1, -0.05) is 100 Å². The number of alkyl halides is 9. The van der Waals surface area contributed by atoms with Gasteiger partial charge in [-0.2, -0.15) is 59.9 Å². The summed E-state index contributed by atoms with van der Waals surface area (Å²) in [4.78, 5) is 53.8. The molecule has 0 aliphatic carbocycles. The Morgan fingerprint density at radius 1 is 0.566 bits per heavy atom. The molecule has 3 atom stereocenters. The molecule has 0 saturated carbocycles. The van der Waals surface area contributed by atoms with E-state index in [2.05, 4.69) is 77.8 Å². The maximum atomic E-state index is 14.4. The molecule has 7 heterocycles. The molecule has 3 amide bonds. The Hall–Kier alpha value is -7.34. The standard InChI is InChI=1S/C24H18F4N6O.C20H17BF4N4O3.C12H10F4N4O.C8H7BO2.C4H3BrN2.CH2O3.BrH.2Cs.H/c25-19-2-1-3-21-18(19)8-9-22(23(35)33(21)14-24(26,27)28)34-13-20(31-32-34)16-6-4-15(5-7-16)17-10-11-29-30-12-17;22-15-2-1-3-17-14(15)8-9-18(19(30)28(17)11-20(23,24)25)29-10-16(26-27-29)12-4-6-13(7-5-12)21(31)32;13-8-2-1-3-10-7(8)4-5-9(18-19-17)11(21)20(10)6-12(14,15)16;1-2-7-3-5-8(6-4-7)9(10)11;5-4-1-2-6-7-3-4;2-1-4-3;;;;/h1-7,10-13,22H,8-9,14H2;1-7,10,18,31-32H,8-9,11H2;1-3,9H,4-6H2;1,3-6,10-11H;1-3H;1,3H;1H;;;/q;;;;;;;2*+1;-1/p-1. The van der Waals surface area contributed by atoms with Crippen molar-refractivity contribution in [2.24, 2.45) is 5.11 Å². The zero-order valence-electron chi connectivity index (χ0n) is 59.9. The predicted molar refractivity (Wildman–Crippen MR) is 385 cm³/mol. The van der Waals surface area contributed by atoms with Crippen LogP contribution < -0.4 is 169 Å². The number of amides is 3. The summed E-state index contributed by atoms with van der Waals surface area (Å²) in [5, 5.41) is 78.2. The summed E-state index contributed by atoms with van der Waals surface area (Å²) in [6, 6.07) is 31.3. The fraction of sp³-hybridized carbons (Fsp3) is 0.217. The van der Waals surface area contributed by atoms with Crippen molar-refractivity contribution in [1.29, 1.82) is 0 Å². The van der Waals surface area contributed by atoms with Crippen molar-refractivity contribution in [2.75, 3.05) is 34.3 Å². The summed E-state index contributed by atoms with van der Waals surface area (Å²) in [6.45, 7) is -4.81. The van der Waals surface area contributed by atoms with E-state index in [4.69, 9.17) is 32.1 Å². The van der Waals surface area contributed by atoms with Crippen LogP contribution in [0.2, 0.25) is 0 Å². The van der Waals surface area contributed by atoms with Gasteiger partial charge in [0.1, 0.15) is 66.6 Å². The van der Waals surface area contributed by atoms with Crippen LogP contribution in [0.25, 0.3) is 44.1 Å². The molecule has 113 heavy (non-hydrogen) atoms. The number of anilines is 3. The van der Waals surface area contributed by atoms with Crippen LogP contribution in [0.15, 0.2) is 186 Å². The van der Waals surface area contributed by atoms with Gasteiger partial charge >= 0.3 is 171 Å². The zero-order valence-corrected chi connectivity index (χ0v) is 74.7. The first-order valence-electron chi connectivity index (χ1n) is 32.1. The van der Waals surface area contributed by atoms with Crippen LogP contribution in [-0.2, 0) is 43.3 Å². The van der Waals surface area contributed by atoms with Gasteiger partial charge in [-0.3, -0.25) is 19.2 Å². The van der Waals surface area contributed by atoms with Gasteiger partial charge in [0.15, 0.2) is 0 Å². The zero-order chi connectivity index (χ0) is 80.0. The maximum absolute atomic E-state index is 14.4. The molecule has 13 rings (SSSR count). The topological polar surface area (TPSA) is 353 Å². The average molecular weight is 1950 g/mol. The Morgan fingerprint density at radius 2 is 0.938 bits per heavy atom. The van der Waals surface area contributed by atoms with E-state index in [9.17, 15) is 77.1 Å². The van der Waals surface area contributed by atoms with Gasteiger partial charge in [0, 0.05) is 48.3 Å². The molecule has 6 aromatic carbocycles. The Bertz CT molecular complexity index is 4890. The molecule has 0 spiro atoms. The minimum atomic E-state index is -4.68. The molecule has 3 aliphatic heterocycles. The average Bonchev–Trinajstić information content (AvgIpc) is 1.63. The van der Waals surface area contributed by atoms with Crippen LogP contribution in [0.1, 0.15) is 55.0 Å². The third kappa shape index (κ3) is 28.0. The van der Waals surface area contributed by atoms with E-state index in [1.54, 1.807) is 61.2 Å².